The standard InChI is InChI=1S/C18H22O3S4/c1-4-5-6-7-9-21-14-8-10-22-17(14)15-11-16(23-12(2)19)18(25-15)24-13(3)20/h8,10-11H,4-7,9H2,1-3H3. The summed E-state index contributed by atoms with van der Waals surface area (Å²) in [6.07, 6.45) is 4.70. The molecule has 0 saturated carbocycles. The van der Waals surface area contributed by atoms with Crippen LogP contribution in [0.4, 0.5) is 0 Å². The summed E-state index contributed by atoms with van der Waals surface area (Å²) in [5, 5.41) is 2.07. The van der Waals surface area contributed by atoms with Crippen molar-refractivity contribution in [1.82, 2.24) is 0 Å². The van der Waals surface area contributed by atoms with Crippen LogP contribution in [-0.4, -0.2) is 16.8 Å². The first-order valence-electron chi connectivity index (χ1n) is 8.22. The Balaban J connectivity index is 2.15. The maximum absolute atomic E-state index is 11.5. The zero-order valence-electron chi connectivity index (χ0n) is 14.6. The Morgan fingerprint density at radius 1 is 1.12 bits per heavy atom. The highest BCUT2D eigenvalue weighted by molar-refractivity contribution is 8.17. The lowest BCUT2D eigenvalue weighted by Crippen LogP contribution is -1.96. The summed E-state index contributed by atoms with van der Waals surface area (Å²) in [7, 11) is 0. The summed E-state index contributed by atoms with van der Waals surface area (Å²) >= 11 is 5.54. The molecule has 7 heteroatoms. The average Bonchev–Trinajstić information content (AvgIpc) is 3.13. The van der Waals surface area contributed by atoms with E-state index in [0.29, 0.717) is 0 Å². The molecular formula is C18H22O3S4. The molecule has 0 aliphatic carbocycles. The van der Waals surface area contributed by atoms with Gasteiger partial charge in [0, 0.05) is 18.7 Å². The number of hydrogen-bond acceptors (Lipinski definition) is 7. The molecule has 2 heterocycles. The van der Waals surface area contributed by atoms with E-state index >= 15 is 0 Å². The lowest BCUT2D eigenvalue weighted by Gasteiger charge is -2.06. The maximum Gasteiger partial charge on any atom is 0.191 e. The lowest BCUT2D eigenvalue weighted by molar-refractivity contribution is -0.110. The van der Waals surface area contributed by atoms with Gasteiger partial charge in [-0.15, -0.1) is 22.7 Å². The highest BCUT2D eigenvalue weighted by Crippen LogP contribution is 2.47. The molecule has 0 unspecified atom stereocenters. The Bertz CT molecular complexity index is 684. The number of hydrogen-bond donors (Lipinski definition) is 0. The molecule has 0 N–H and O–H groups in total. The second-order valence-corrected chi connectivity index (χ2v) is 10.1. The molecular weight excluding hydrogens is 392 g/mol. The minimum atomic E-state index is 0.0216. The van der Waals surface area contributed by atoms with Crippen molar-refractivity contribution in [2.45, 2.75) is 55.6 Å². The molecule has 2 aromatic rings. The smallest absolute Gasteiger partial charge is 0.191 e. The first-order valence-corrected chi connectivity index (χ1v) is 11.6. The van der Waals surface area contributed by atoms with E-state index in [9.17, 15) is 9.59 Å². The summed E-state index contributed by atoms with van der Waals surface area (Å²) in [6.45, 7) is 6.00. The fourth-order valence-electron chi connectivity index (χ4n) is 2.20. The molecule has 0 amide bonds. The molecule has 0 aliphatic heterocycles. The zero-order chi connectivity index (χ0) is 18.2. The van der Waals surface area contributed by atoms with Gasteiger partial charge in [0.05, 0.1) is 20.6 Å². The van der Waals surface area contributed by atoms with E-state index in [2.05, 4.69) is 6.92 Å². The van der Waals surface area contributed by atoms with E-state index in [1.807, 2.05) is 17.5 Å². The van der Waals surface area contributed by atoms with Gasteiger partial charge in [-0.1, -0.05) is 37.9 Å². The number of rotatable bonds is 9. The molecule has 0 radical (unpaired) electrons. The van der Waals surface area contributed by atoms with E-state index in [-0.39, 0.29) is 10.2 Å². The van der Waals surface area contributed by atoms with Gasteiger partial charge in [-0.2, -0.15) is 0 Å². The predicted molar refractivity (Wildman–Crippen MR) is 110 cm³/mol. The Kier molecular flexibility index (Phi) is 8.55. The van der Waals surface area contributed by atoms with Gasteiger partial charge in [-0.25, -0.2) is 0 Å². The first kappa shape index (κ1) is 20.6. The number of carbonyl (C=O) groups is 2. The monoisotopic (exact) mass is 414 g/mol. The highest BCUT2D eigenvalue weighted by atomic mass is 32.2. The van der Waals surface area contributed by atoms with Gasteiger partial charge in [0.25, 0.3) is 0 Å². The molecule has 0 fully saturated rings. The number of carbonyl (C=O) groups excluding carboxylic acids is 2. The van der Waals surface area contributed by atoms with Gasteiger partial charge in [0.2, 0.25) is 0 Å². The van der Waals surface area contributed by atoms with Crippen molar-refractivity contribution in [2.24, 2.45) is 0 Å². The first-order chi connectivity index (χ1) is 12.0. The number of ether oxygens (including phenoxy) is 1. The van der Waals surface area contributed by atoms with Crippen LogP contribution in [0.1, 0.15) is 46.5 Å². The quantitative estimate of drug-likeness (QED) is 0.337. The van der Waals surface area contributed by atoms with E-state index in [1.165, 1.54) is 42.8 Å². The van der Waals surface area contributed by atoms with Gasteiger partial charge in [0.15, 0.2) is 10.2 Å². The minimum absolute atomic E-state index is 0.0216. The third-order valence-corrected chi connectivity index (χ3v) is 7.55. The molecule has 0 saturated heterocycles. The normalized spacial score (nSPS) is 10.8. The molecule has 136 valence electrons. The van der Waals surface area contributed by atoms with Crippen molar-refractivity contribution >= 4 is 56.4 Å². The molecule has 0 aromatic carbocycles. The molecule has 2 aromatic heterocycles. The SMILES string of the molecule is CCCCCCOc1ccsc1-c1cc(SC(C)=O)c(SC(C)=O)s1. The third-order valence-electron chi connectivity index (χ3n) is 3.26. The van der Waals surface area contributed by atoms with Gasteiger partial charge >= 0.3 is 0 Å². The molecule has 0 atom stereocenters. The summed E-state index contributed by atoms with van der Waals surface area (Å²) in [4.78, 5) is 26.0. The van der Waals surface area contributed by atoms with Crippen molar-refractivity contribution in [2.75, 3.05) is 6.61 Å². The fraction of sp³-hybridized carbons (Fsp3) is 0.444. The summed E-state index contributed by atoms with van der Waals surface area (Å²) < 4.78 is 6.84. The van der Waals surface area contributed by atoms with Crippen LogP contribution in [0.5, 0.6) is 5.75 Å². The van der Waals surface area contributed by atoms with E-state index in [4.69, 9.17) is 4.74 Å². The average molecular weight is 415 g/mol. The predicted octanol–water partition coefficient (Wildman–Crippen LogP) is 6.71. The Labute approximate surface area is 165 Å². The molecule has 25 heavy (non-hydrogen) atoms. The largest absolute Gasteiger partial charge is 0.492 e. The summed E-state index contributed by atoms with van der Waals surface area (Å²) in [6, 6.07) is 3.99. The number of thioether (sulfide) groups is 2. The van der Waals surface area contributed by atoms with Crippen LogP contribution in [0.3, 0.4) is 0 Å². The van der Waals surface area contributed by atoms with Crippen LogP contribution < -0.4 is 4.74 Å². The van der Waals surface area contributed by atoms with Crippen LogP contribution >= 0.6 is 46.2 Å². The van der Waals surface area contributed by atoms with Crippen LogP contribution in [0.2, 0.25) is 0 Å². The van der Waals surface area contributed by atoms with E-state index < -0.39 is 0 Å². The third kappa shape index (κ3) is 6.47. The van der Waals surface area contributed by atoms with Crippen molar-refractivity contribution in [3.63, 3.8) is 0 Å². The van der Waals surface area contributed by atoms with Crippen molar-refractivity contribution < 1.29 is 14.3 Å². The lowest BCUT2D eigenvalue weighted by atomic mass is 10.2. The van der Waals surface area contributed by atoms with Crippen LogP contribution in [0.25, 0.3) is 9.75 Å². The van der Waals surface area contributed by atoms with Crippen LogP contribution in [-0.2, 0) is 9.59 Å². The topological polar surface area (TPSA) is 43.4 Å². The molecule has 0 spiro atoms. The Hall–Kier alpha value is -0.760. The second-order valence-electron chi connectivity index (χ2n) is 5.47. The van der Waals surface area contributed by atoms with Crippen LogP contribution in [0.15, 0.2) is 26.6 Å². The highest BCUT2D eigenvalue weighted by Gasteiger charge is 2.18. The number of thiophene rings is 2. The number of unbranched alkanes of at least 4 members (excludes halogenated alkanes) is 3. The van der Waals surface area contributed by atoms with Gasteiger partial charge in [-0.3, -0.25) is 9.59 Å². The van der Waals surface area contributed by atoms with E-state index in [0.717, 1.165) is 37.6 Å². The molecule has 0 bridgehead atoms. The van der Waals surface area contributed by atoms with Gasteiger partial charge in [-0.05, 0) is 35.7 Å². The fourth-order valence-corrected chi connectivity index (χ4v) is 6.30. The molecule has 3 nitrogen and oxygen atoms in total. The molecule has 0 aliphatic rings. The maximum atomic E-state index is 11.5. The van der Waals surface area contributed by atoms with Crippen molar-refractivity contribution in [3.8, 4) is 15.5 Å². The van der Waals surface area contributed by atoms with Crippen LogP contribution in [0, 0.1) is 0 Å². The van der Waals surface area contributed by atoms with Gasteiger partial charge in [0.1, 0.15) is 5.75 Å². The van der Waals surface area contributed by atoms with E-state index in [1.54, 1.807) is 36.5 Å². The zero-order valence-corrected chi connectivity index (χ0v) is 17.9. The second kappa shape index (κ2) is 10.4. The Morgan fingerprint density at radius 2 is 1.88 bits per heavy atom. The van der Waals surface area contributed by atoms with Crippen molar-refractivity contribution in [3.05, 3.63) is 17.5 Å². The minimum Gasteiger partial charge on any atom is -0.492 e. The summed E-state index contributed by atoms with van der Waals surface area (Å²) in [5.74, 6) is 0.890. The van der Waals surface area contributed by atoms with Crippen molar-refractivity contribution in [1.29, 1.82) is 0 Å². The molecule has 2 rings (SSSR count). The van der Waals surface area contributed by atoms with Gasteiger partial charge < -0.3 is 4.74 Å². The summed E-state index contributed by atoms with van der Waals surface area (Å²) in [5.41, 5.74) is 0. The Morgan fingerprint density at radius 3 is 2.56 bits per heavy atom.